The van der Waals surface area contributed by atoms with Crippen LogP contribution in [0.2, 0.25) is 0 Å². The van der Waals surface area contributed by atoms with Gasteiger partial charge in [-0.15, -0.1) is 0 Å². The third-order valence-electron chi connectivity index (χ3n) is 5.84. The highest BCUT2D eigenvalue weighted by Crippen LogP contribution is 2.26. The van der Waals surface area contributed by atoms with Crippen molar-refractivity contribution in [1.82, 2.24) is 24.6 Å². The molecule has 0 N–H and O–H groups in total. The molecule has 1 fully saturated rings. The molecule has 0 radical (unpaired) electrons. The normalized spacial score (nSPS) is 14.9. The lowest BCUT2D eigenvalue weighted by Crippen LogP contribution is -2.39. The van der Waals surface area contributed by atoms with Gasteiger partial charge in [0.25, 0.3) is 5.91 Å². The Bertz CT molecular complexity index is 1140. The number of likely N-dealkylation sites (tertiary alicyclic amines) is 1. The number of pyridine rings is 2. The number of fused-ring (bicyclic) bond motifs is 1. The Morgan fingerprint density at radius 1 is 0.933 bits per heavy atom. The van der Waals surface area contributed by atoms with Crippen LogP contribution in [0.5, 0.6) is 0 Å². The van der Waals surface area contributed by atoms with Crippen LogP contribution in [0.25, 0.3) is 22.2 Å². The number of amides is 1. The van der Waals surface area contributed by atoms with Crippen molar-refractivity contribution < 1.29 is 4.79 Å². The van der Waals surface area contributed by atoms with Crippen molar-refractivity contribution in [1.29, 1.82) is 0 Å². The first-order valence-electron chi connectivity index (χ1n) is 10.3. The molecule has 30 heavy (non-hydrogen) atoms. The zero-order valence-electron chi connectivity index (χ0n) is 16.7. The molecule has 0 unspecified atom stereocenters. The van der Waals surface area contributed by atoms with Gasteiger partial charge in [-0.05, 0) is 55.2 Å². The highest BCUT2D eigenvalue weighted by Gasteiger charge is 2.24. The molecular weight excluding hydrogens is 374 g/mol. The smallest absolute Gasteiger partial charge is 0.253 e. The maximum absolute atomic E-state index is 13.0. The summed E-state index contributed by atoms with van der Waals surface area (Å²) >= 11 is 0. The second-order valence-electron chi connectivity index (χ2n) is 7.77. The van der Waals surface area contributed by atoms with Crippen molar-refractivity contribution >= 4 is 16.8 Å². The average molecular weight is 397 g/mol. The van der Waals surface area contributed by atoms with Crippen LogP contribution in [0.1, 0.15) is 23.2 Å². The van der Waals surface area contributed by atoms with Gasteiger partial charge in [-0.1, -0.05) is 12.1 Å². The number of rotatable bonds is 4. The molecule has 0 saturated carbocycles. The third kappa shape index (κ3) is 3.68. The largest absolute Gasteiger partial charge is 0.339 e. The van der Waals surface area contributed by atoms with Crippen molar-refractivity contribution in [2.24, 2.45) is 5.92 Å². The monoisotopic (exact) mass is 397 g/mol. The van der Waals surface area contributed by atoms with E-state index in [4.69, 9.17) is 0 Å². The molecule has 1 aromatic carbocycles. The average Bonchev–Trinajstić information content (AvgIpc) is 3.32. The molecule has 1 amide bonds. The minimum absolute atomic E-state index is 0.103. The summed E-state index contributed by atoms with van der Waals surface area (Å²) in [5, 5.41) is 5.30. The summed E-state index contributed by atoms with van der Waals surface area (Å²) in [5.41, 5.74) is 3.52. The van der Waals surface area contributed by atoms with Crippen LogP contribution >= 0.6 is 0 Å². The van der Waals surface area contributed by atoms with Crippen LogP contribution in [0, 0.1) is 5.92 Å². The molecule has 0 spiro atoms. The summed E-state index contributed by atoms with van der Waals surface area (Å²) < 4.78 is 1.98. The van der Waals surface area contributed by atoms with E-state index in [0.29, 0.717) is 5.92 Å². The second kappa shape index (κ2) is 8.06. The number of aromatic nitrogens is 4. The predicted octanol–water partition coefficient (Wildman–Crippen LogP) is 4.05. The number of benzene rings is 1. The van der Waals surface area contributed by atoms with Crippen LogP contribution in [0.15, 0.2) is 73.3 Å². The summed E-state index contributed by atoms with van der Waals surface area (Å²) in [5.74, 6) is 0.675. The van der Waals surface area contributed by atoms with Crippen molar-refractivity contribution in [2.45, 2.75) is 19.4 Å². The number of hydrogen-bond acceptors (Lipinski definition) is 4. The Morgan fingerprint density at radius 2 is 1.77 bits per heavy atom. The van der Waals surface area contributed by atoms with E-state index in [1.807, 2.05) is 70.5 Å². The molecule has 4 heterocycles. The standard InChI is InChI=1S/C24H23N5O/c30-24(28-15-9-18(10-16-28)17-29-14-2-12-27-29)20-6-4-19(5-7-20)23-21-3-1-11-25-22(21)8-13-26-23/h1-8,11-14,18H,9-10,15-17H2. The molecule has 1 aliphatic heterocycles. The number of piperidine rings is 1. The molecule has 0 atom stereocenters. The topological polar surface area (TPSA) is 63.9 Å². The molecule has 3 aromatic heterocycles. The first-order chi connectivity index (χ1) is 14.8. The van der Waals surface area contributed by atoms with E-state index in [1.54, 1.807) is 12.4 Å². The van der Waals surface area contributed by atoms with Gasteiger partial charge in [0.2, 0.25) is 0 Å². The Labute approximate surface area is 175 Å². The van der Waals surface area contributed by atoms with E-state index < -0.39 is 0 Å². The minimum Gasteiger partial charge on any atom is -0.339 e. The fourth-order valence-electron chi connectivity index (χ4n) is 4.18. The van der Waals surface area contributed by atoms with Crippen LogP contribution in [-0.2, 0) is 6.54 Å². The van der Waals surface area contributed by atoms with E-state index in [0.717, 1.165) is 60.2 Å². The quantitative estimate of drug-likeness (QED) is 0.521. The molecule has 5 rings (SSSR count). The molecule has 150 valence electrons. The van der Waals surface area contributed by atoms with Gasteiger partial charge in [0.15, 0.2) is 0 Å². The Balaban J connectivity index is 1.27. The zero-order valence-corrected chi connectivity index (χ0v) is 16.7. The molecule has 4 aromatic rings. The molecule has 0 aliphatic carbocycles. The van der Waals surface area contributed by atoms with Crippen LogP contribution in [0.4, 0.5) is 0 Å². The second-order valence-corrected chi connectivity index (χ2v) is 7.77. The van der Waals surface area contributed by atoms with Gasteiger partial charge in [0.05, 0.1) is 11.2 Å². The minimum atomic E-state index is 0.103. The van der Waals surface area contributed by atoms with Crippen molar-refractivity contribution in [2.75, 3.05) is 13.1 Å². The maximum atomic E-state index is 13.0. The zero-order chi connectivity index (χ0) is 20.3. The summed E-state index contributed by atoms with van der Waals surface area (Å²) in [6.07, 6.45) is 9.39. The fourth-order valence-corrected chi connectivity index (χ4v) is 4.18. The van der Waals surface area contributed by atoms with E-state index in [9.17, 15) is 4.79 Å². The Hall–Kier alpha value is -3.54. The van der Waals surface area contributed by atoms with E-state index in [1.165, 1.54) is 0 Å². The number of carbonyl (C=O) groups excluding carboxylic acids is 1. The molecule has 1 aliphatic rings. The van der Waals surface area contributed by atoms with Crippen LogP contribution in [0.3, 0.4) is 0 Å². The summed E-state index contributed by atoms with van der Waals surface area (Å²) in [4.78, 5) is 23.9. The van der Waals surface area contributed by atoms with E-state index in [-0.39, 0.29) is 5.91 Å². The van der Waals surface area contributed by atoms with E-state index in [2.05, 4.69) is 15.1 Å². The van der Waals surface area contributed by atoms with Gasteiger partial charge in [-0.25, -0.2) is 0 Å². The Morgan fingerprint density at radius 3 is 2.53 bits per heavy atom. The van der Waals surface area contributed by atoms with Gasteiger partial charge >= 0.3 is 0 Å². The molecule has 1 saturated heterocycles. The van der Waals surface area contributed by atoms with E-state index >= 15 is 0 Å². The fraction of sp³-hybridized carbons (Fsp3) is 0.250. The lowest BCUT2D eigenvalue weighted by molar-refractivity contribution is 0.0681. The Kier molecular flexibility index (Phi) is 4.97. The predicted molar refractivity (Wildman–Crippen MR) is 116 cm³/mol. The maximum Gasteiger partial charge on any atom is 0.253 e. The van der Waals surface area contributed by atoms with Crippen LogP contribution < -0.4 is 0 Å². The van der Waals surface area contributed by atoms with Crippen LogP contribution in [-0.4, -0.2) is 43.6 Å². The lowest BCUT2D eigenvalue weighted by atomic mass is 9.96. The summed E-state index contributed by atoms with van der Waals surface area (Å²) in [6, 6.07) is 15.6. The highest BCUT2D eigenvalue weighted by molar-refractivity contribution is 5.96. The lowest BCUT2D eigenvalue weighted by Gasteiger charge is -2.32. The first kappa shape index (κ1) is 18.5. The van der Waals surface area contributed by atoms with Gasteiger partial charge in [0, 0.05) is 60.9 Å². The molecular formula is C24H23N5O. The molecule has 0 bridgehead atoms. The van der Waals surface area contributed by atoms with Crippen molar-refractivity contribution in [3.63, 3.8) is 0 Å². The van der Waals surface area contributed by atoms with Crippen molar-refractivity contribution in [3.8, 4) is 11.3 Å². The van der Waals surface area contributed by atoms with Gasteiger partial charge < -0.3 is 4.90 Å². The van der Waals surface area contributed by atoms with Crippen molar-refractivity contribution in [3.05, 3.63) is 78.9 Å². The summed E-state index contributed by atoms with van der Waals surface area (Å²) in [6.45, 7) is 2.52. The highest BCUT2D eigenvalue weighted by atomic mass is 16.2. The third-order valence-corrected chi connectivity index (χ3v) is 5.84. The summed E-state index contributed by atoms with van der Waals surface area (Å²) in [7, 11) is 0. The SMILES string of the molecule is O=C(c1ccc(-c2nccc3ncccc23)cc1)N1CCC(Cn2cccn2)CC1. The first-order valence-corrected chi connectivity index (χ1v) is 10.3. The van der Waals surface area contributed by atoms with Gasteiger partial charge in [0.1, 0.15) is 0 Å². The number of carbonyl (C=O) groups is 1. The molecule has 6 heteroatoms. The van der Waals surface area contributed by atoms with Gasteiger partial charge in [-0.2, -0.15) is 5.10 Å². The van der Waals surface area contributed by atoms with Gasteiger partial charge in [-0.3, -0.25) is 19.4 Å². The number of hydrogen-bond donors (Lipinski definition) is 0. The molecule has 6 nitrogen and oxygen atoms in total. The number of nitrogens with zero attached hydrogens (tertiary/aromatic N) is 5.